The summed E-state index contributed by atoms with van der Waals surface area (Å²) in [5, 5.41) is 5.40. The molecule has 0 aliphatic heterocycles. The first kappa shape index (κ1) is 22.4. The molecule has 9 nitrogen and oxygen atoms in total. The number of rotatable bonds is 7. The summed E-state index contributed by atoms with van der Waals surface area (Å²) < 4.78 is 46.3. The van der Waals surface area contributed by atoms with Crippen molar-refractivity contribution < 1.29 is 22.6 Å². The summed E-state index contributed by atoms with van der Waals surface area (Å²) in [7, 11) is 0.562. The lowest BCUT2D eigenvalue weighted by Crippen LogP contribution is -2.16. The van der Waals surface area contributed by atoms with Gasteiger partial charge in [0.2, 0.25) is 0 Å². The Morgan fingerprint density at radius 1 is 0.879 bits per heavy atom. The molecule has 0 fully saturated rings. The van der Waals surface area contributed by atoms with Crippen LogP contribution in [0.15, 0.2) is 53.4 Å². The molecule has 33 heavy (non-hydrogen) atoms. The van der Waals surface area contributed by atoms with Crippen LogP contribution in [-0.2, 0) is 10.0 Å². The van der Waals surface area contributed by atoms with Gasteiger partial charge in [0.25, 0.3) is 10.0 Å². The highest BCUT2D eigenvalue weighted by molar-refractivity contribution is 7.92. The van der Waals surface area contributed by atoms with Crippen LogP contribution in [0, 0.1) is 13.8 Å². The van der Waals surface area contributed by atoms with Gasteiger partial charge < -0.3 is 14.2 Å². The Hall–Kier alpha value is -3.79. The van der Waals surface area contributed by atoms with Crippen molar-refractivity contribution in [2.45, 2.75) is 18.7 Å². The lowest BCUT2D eigenvalue weighted by molar-refractivity contribution is 0.354. The SMILES string of the molecule is COc1ccc(S(=O)(=O)Nc2cc(C)nn2-c2cc(C)c3cccc(OC)c3n2)cc1OC. The number of hydrogen-bond acceptors (Lipinski definition) is 7. The molecule has 4 rings (SSSR count). The third-order valence-electron chi connectivity index (χ3n) is 5.17. The van der Waals surface area contributed by atoms with E-state index in [4.69, 9.17) is 19.2 Å². The van der Waals surface area contributed by atoms with Crippen molar-refractivity contribution in [2.75, 3.05) is 26.1 Å². The van der Waals surface area contributed by atoms with E-state index < -0.39 is 10.0 Å². The quantitative estimate of drug-likeness (QED) is 0.439. The van der Waals surface area contributed by atoms with Crippen LogP contribution in [-0.4, -0.2) is 44.5 Å². The highest BCUT2D eigenvalue weighted by atomic mass is 32.2. The summed E-state index contributed by atoms with van der Waals surface area (Å²) in [4.78, 5) is 4.73. The zero-order chi connectivity index (χ0) is 23.8. The minimum absolute atomic E-state index is 0.0230. The first-order valence-electron chi connectivity index (χ1n) is 10.0. The van der Waals surface area contributed by atoms with Gasteiger partial charge in [0, 0.05) is 17.5 Å². The number of hydrogen-bond donors (Lipinski definition) is 1. The Balaban J connectivity index is 1.79. The molecule has 0 atom stereocenters. The number of fused-ring (bicyclic) bond motifs is 1. The van der Waals surface area contributed by atoms with Gasteiger partial charge in [0.05, 0.1) is 31.9 Å². The lowest BCUT2D eigenvalue weighted by Gasteiger charge is -2.14. The maximum absolute atomic E-state index is 13.2. The van der Waals surface area contributed by atoms with Crippen LogP contribution in [0.3, 0.4) is 0 Å². The summed E-state index contributed by atoms with van der Waals surface area (Å²) >= 11 is 0. The molecule has 0 bridgehead atoms. The number of methoxy groups -OCH3 is 3. The van der Waals surface area contributed by atoms with Crippen molar-refractivity contribution in [3.63, 3.8) is 0 Å². The van der Waals surface area contributed by atoms with E-state index in [9.17, 15) is 8.42 Å². The standard InChI is InChI=1S/C23H24N4O5S/c1-14-11-21(24-23-17(14)7-6-8-19(23)31-4)27-22(12-15(2)25-27)26-33(28,29)16-9-10-18(30-3)20(13-16)32-5/h6-13,26H,1-5H3. The summed E-state index contributed by atoms with van der Waals surface area (Å²) in [6.07, 6.45) is 0. The van der Waals surface area contributed by atoms with Crippen LogP contribution in [0.2, 0.25) is 0 Å². The fraction of sp³-hybridized carbons (Fsp3) is 0.217. The zero-order valence-electron chi connectivity index (χ0n) is 18.9. The molecular formula is C23H24N4O5S. The van der Waals surface area contributed by atoms with E-state index in [1.165, 1.54) is 37.1 Å². The van der Waals surface area contributed by atoms with E-state index in [1.54, 1.807) is 20.1 Å². The second kappa shape index (κ2) is 8.62. The monoisotopic (exact) mass is 468 g/mol. The number of ether oxygens (including phenoxy) is 3. The van der Waals surface area contributed by atoms with E-state index in [0.29, 0.717) is 34.3 Å². The predicted molar refractivity (Wildman–Crippen MR) is 125 cm³/mol. The highest BCUT2D eigenvalue weighted by Gasteiger charge is 2.21. The first-order chi connectivity index (χ1) is 15.8. The molecule has 172 valence electrons. The molecule has 10 heteroatoms. The normalized spacial score (nSPS) is 11.4. The van der Waals surface area contributed by atoms with Crippen LogP contribution in [0.5, 0.6) is 17.2 Å². The average molecular weight is 469 g/mol. The minimum atomic E-state index is -3.95. The zero-order valence-corrected chi connectivity index (χ0v) is 19.7. The lowest BCUT2D eigenvalue weighted by atomic mass is 10.1. The van der Waals surface area contributed by atoms with E-state index in [-0.39, 0.29) is 10.7 Å². The maximum atomic E-state index is 13.2. The topological polar surface area (TPSA) is 105 Å². The predicted octanol–water partition coefficient (Wildman–Crippen LogP) is 3.86. The molecule has 1 N–H and O–H groups in total. The van der Waals surface area contributed by atoms with Crippen molar-refractivity contribution in [1.29, 1.82) is 0 Å². The van der Waals surface area contributed by atoms with E-state index in [0.717, 1.165) is 10.9 Å². The van der Waals surface area contributed by atoms with Gasteiger partial charge in [-0.1, -0.05) is 12.1 Å². The van der Waals surface area contributed by atoms with Crippen molar-refractivity contribution in [3.05, 3.63) is 59.8 Å². The van der Waals surface area contributed by atoms with Crippen molar-refractivity contribution >= 4 is 26.7 Å². The van der Waals surface area contributed by atoms with Crippen LogP contribution in [0.4, 0.5) is 5.82 Å². The summed E-state index contributed by atoms with van der Waals surface area (Å²) in [5.41, 5.74) is 2.24. The summed E-state index contributed by atoms with van der Waals surface area (Å²) in [6.45, 7) is 3.73. The number of nitrogens with zero attached hydrogens (tertiary/aromatic N) is 3. The first-order valence-corrected chi connectivity index (χ1v) is 11.5. The van der Waals surface area contributed by atoms with Crippen LogP contribution in [0.25, 0.3) is 16.7 Å². The van der Waals surface area contributed by atoms with Gasteiger partial charge in [-0.05, 0) is 43.7 Å². The number of benzene rings is 2. The fourth-order valence-corrected chi connectivity index (χ4v) is 4.62. The third-order valence-corrected chi connectivity index (χ3v) is 6.52. The molecule has 0 aliphatic rings. The Morgan fingerprint density at radius 3 is 2.30 bits per heavy atom. The van der Waals surface area contributed by atoms with Crippen LogP contribution >= 0.6 is 0 Å². The average Bonchev–Trinajstić information content (AvgIpc) is 3.17. The number of sulfonamides is 1. The van der Waals surface area contributed by atoms with Gasteiger partial charge in [-0.2, -0.15) is 9.78 Å². The smallest absolute Gasteiger partial charge is 0.263 e. The van der Waals surface area contributed by atoms with E-state index >= 15 is 0 Å². The molecule has 0 radical (unpaired) electrons. The molecule has 4 aromatic rings. The molecular weight excluding hydrogens is 444 g/mol. The minimum Gasteiger partial charge on any atom is -0.494 e. The Morgan fingerprint density at radius 2 is 1.61 bits per heavy atom. The molecule has 2 heterocycles. The van der Waals surface area contributed by atoms with E-state index in [1.807, 2.05) is 31.2 Å². The van der Waals surface area contributed by atoms with Gasteiger partial charge in [-0.15, -0.1) is 0 Å². The Kier molecular flexibility index (Phi) is 5.86. The molecule has 0 spiro atoms. The van der Waals surface area contributed by atoms with Gasteiger partial charge in [0.15, 0.2) is 17.3 Å². The van der Waals surface area contributed by atoms with Crippen molar-refractivity contribution in [2.24, 2.45) is 0 Å². The van der Waals surface area contributed by atoms with Crippen molar-refractivity contribution in [1.82, 2.24) is 14.8 Å². The number of aryl methyl sites for hydroxylation is 2. The number of nitrogens with one attached hydrogen (secondary N) is 1. The van der Waals surface area contributed by atoms with E-state index in [2.05, 4.69) is 9.82 Å². The molecule has 0 unspecified atom stereocenters. The number of para-hydroxylation sites is 1. The molecule has 2 aromatic carbocycles. The maximum Gasteiger partial charge on any atom is 0.263 e. The fourth-order valence-electron chi connectivity index (χ4n) is 3.57. The molecule has 0 aliphatic carbocycles. The molecule has 0 saturated heterocycles. The van der Waals surface area contributed by atoms with Gasteiger partial charge in [0.1, 0.15) is 17.1 Å². The summed E-state index contributed by atoms with van der Waals surface area (Å²) in [6, 6.07) is 13.6. The van der Waals surface area contributed by atoms with Gasteiger partial charge in [-0.25, -0.2) is 13.4 Å². The number of pyridine rings is 1. The van der Waals surface area contributed by atoms with Crippen LogP contribution in [0.1, 0.15) is 11.3 Å². The molecule has 2 aromatic heterocycles. The molecule has 0 saturated carbocycles. The summed E-state index contributed by atoms with van der Waals surface area (Å²) in [5.74, 6) is 2.07. The third kappa shape index (κ3) is 4.17. The Labute approximate surface area is 192 Å². The number of aromatic nitrogens is 3. The largest absolute Gasteiger partial charge is 0.494 e. The highest BCUT2D eigenvalue weighted by Crippen LogP contribution is 2.31. The van der Waals surface area contributed by atoms with Gasteiger partial charge >= 0.3 is 0 Å². The Bertz CT molecular complexity index is 1450. The molecule has 0 amide bonds. The second-order valence-corrected chi connectivity index (χ2v) is 9.04. The van der Waals surface area contributed by atoms with Crippen molar-refractivity contribution in [3.8, 4) is 23.1 Å². The van der Waals surface area contributed by atoms with Gasteiger partial charge in [-0.3, -0.25) is 4.72 Å². The second-order valence-electron chi connectivity index (χ2n) is 7.36. The number of anilines is 1. The van der Waals surface area contributed by atoms with Crippen LogP contribution < -0.4 is 18.9 Å².